The quantitative estimate of drug-likeness (QED) is 0.559. The molecule has 2 aromatic carbocycles. The first kappa shape index (κ1) is 21.0. The van der Waals surface area contributed by atoms with Crippen LogP contribution < -0.4 is 5.32 Å². The van der Waals surface area contributed by atoms with E-state index in [1.54, 1.807) is 0 Å². The van der Waals surface area contributed by atoms with Gasteiger partial charge >= 0.3 is 5.97 Å². The summed E-state index contributed by atoms with van der Waals surface area (Å²) in [6, 6.07) is 19.4. The Hall–Kier alpha value is -2.30. The van der Waals surface area contributed by atoms with Gasteiger partial charge in [0, 0.05) is 23.0 Å². The van der Waals surface area contributed by atoms with E-state index in [4.69, 9.17) is 4.74 Å². The number of halogens is 1. The maximum absolute atomic E-state index is 11.7. The first-order valence-corrected chi connectivity index (χ1v) is 9.11. The molecule has 0 aliphatic heterocycles. The number of carbonyl (C=O) groups is 1. The molecule has 5 heteroatoms. The fraction of sp³-hybridized carbons (Fsp3) is 0.318. The molecule has 0 bridgehead atoms. The molecule has 27 heavy (non-hydrogen) atoms. The lowest BCUT2D eigenvalue weighted by Gasteiger charge is -2.23. The highest BCUT2D eigenvalue weighted by atomic mass is 35.5. The van der Waals surface area contributed by atoms with Crippen LogP contribution in [0.1, 0.15) is 47.9 Å². The Bertz CT molecular complexity index is 876. The van der Waals surface area contributed by atoms with E-state index in [9.17, 15) is 4.79 Å². The van der Waals surface area contributed by atoms with E-state index in [2.05, 4.69) is 60.5 Å². The van der Waals surface area contributed by atoms with Crippen LogP contribution in [0.25, 0.3) is 10.9 Å². The zero-order chi connectivity index (χ0) is 18.5. The SMILES string of the molecule is CC[C@H](Cc1ccc2[nH]c(C(=O)OC)cc2c1)N[C@H](C)c1ccccc1.Cl. The number of H-pyrrole nitrogens is 1. The second-order valence-electron chi connectivity index (χ2n) is 6.70. The van der Waals surface area contributed by atoms with Crippen LogP contribution in [0.15, 0.2) is 54.6 Å². The van der Waals surface area contributed by atoms with Gasteiger partial charge in [0.15, 0.2) is 0 Å². The summed E-state index contributed by atoms with van der Waals surface area (Å²) < 4.78 is 4.78. The first-order chi connectivity index (χ1) is 12.6. The number of aromatic amines is 1. The summed E-state index contributed by atoms with van der Waals surface area (Å²) in [5.74, 6) is -0.340. The van der Waals surface area contributed by atoms with Crippen LogP contribution in [0.5, 0.6) is 0 Å². The van der Waals surface area contributed by atoms with Gasteiger partial charge in [-0.05, 0) is 49.1 Å². The van der Waals surface area contributed by atoms with Gasteiger partial charge in [-0.15, -0.1) is 12.4 Å². The standard InChI is InChI=1S/C22H26N2O2.ClH/c1-4-19(23-15(2)17-8-6-5-7-9-17)13-16-10-11-20-18(12-16)14-21(24-20)22(25)26-3;/h5-12,14-15,19,23-24H,4,13H2,1-3H3;1H/t15-,19-;/m1./s1. The Labute approximate surface area is 166 Å². The topological polar surface area (TPSA) is 54.1 Å². The van der Waals surface area contributed by atoms with Crippen molar-refractivity contribution in [1.82, 2.24) is 10.3 Å². The molecule has 0 aliphatic rings. The summed E-state index contributed by atoms with van der Waals surface area (Å²) in [4.78, 5) is 14.8. The van der Waals surface area contributed by atoms with Crippen molar-refractivity contribution in [1.29, 1.82) is 0 Å². The van der Waals surface area contributed by atoms with Crippen LogP contribution in [0, 0.1) is 0 Å². The molecule has 3 rings (SSSR count). The lowest BCUT2D eigenvalue weighted by atomic mass is 10.0. The van der Waals surface area contributed by atoms with Crippen molar-refractivity contribution in [3.05, 3.63) is 71.4 Å². The molecular weight excluding hydrogens is 360 g/mol. The fourth-order valence-electron chi connectivity index (χ4n) is 3.33. The molecule has 0 amide bonds. The van der Waals surface area contributed by atoms with Gasteiger partial charge in [-0.2, -0.15) is 0 Å². The van der Waals surface area contributed by atoms with E-state index in [0.29, 0.717) is 17.8 Å². The molecule has 3 aromatic rings. The highest BCUT2D eigenvalue weighted by molar-refractivity contribution is 5.94. The summed E-state index contributed by atoms with van der Waals surface area (Å²) in [5, 5.41) is 4.77. The van der Waals surface area contributed by atoms with Crippen molar-refractivity contribution < 1.29 is 9.53 Å². The van der Waals surface area contributed by atoms with Gasteiger partial charge in [-0.1, -0.05) is 43.3 Å². The highest BCUT2D eigenvalue weighted by Gasteiger charge is 2.14. The molecule has 0 fully saturated rings. The third kappa shape index (κ3) is 5.12. The predicted molar refractivity (Wildman–Crippen MR) is 113 cm³/mol. The molecule has 1 heterocycles. The zero-order valence-corrected chi connectivity index (χ0v) is 16.8. The molecule has 0 aliphatic carbocycles. The Balaban J connectivity index is 0.00000261. The van der Waals surface area contributed by atoms with Crippen LogP contribution >= 0.6 is 12.4 Å². The van der Waals surface area contributed by atoms with Gasteiger partial charge in [0.05, 0.1) is 7.11 Å². The normalized spacial score (nSPS) is 13.0. The number of rotatable bonds is 7. The molecule has 4 nitrogen and oxygen atoms in total. The van der Waals surface area contributed by atoms with Gasteiger partial charge in [0.1, 0.15) is 5.69 Å². The number of carbonyl (C=O) groups excluding carboxylic acids is 1. The molecule has 0 unspecified atom stereocenters. The second kappa shape index (κ2) is 9.58. The summed E-state index contributed by atoms with van der Waals surface area (Å²) >= 11 is 0. The van der Waals surface area contributed by atoms with E-state index in [1.165, 1.54) is 18.2 Å². The molecular formula is C22H27ClN2O2. The van der Waals surface area contributed by atoms with Gasteiger partial charge in [-0.25, -0.2) is 4.79 Å². The van der Waals surface area contributed by atoms with Crippen LogP contribution in [-0.4, -0.2) is 24.1 Å². The Morgan fingerprint density at radius 2 is 1.89 bits per heavy atom. The summed E-state index contributed by atoms with van der Waals surface area (Å²) in [6.07, 6.45) is 2.00. The van der Waals surface area contributed by atoms with Crippen LogP contribution in [0.4, 0.5) is 0 Å². The van der Waals surface area contributed by atoms with E-state index in [0.717, 1.165) is 23.7 Å². The zero-order valence-electron chi connectivity index (χ0n) is 16.0. The summed E-state index contributed by atoms with van der Waals surface area (Å²) in [5.41, 5.74) is 4.00. The van der Waals surface area contributed by atoms with Crippen LogP contribution in [-0.2, 0) is 11.2 Å². The van der Waals surface area contributed by atoms with Crippen molar-refractivity contribution in [2.75, 3.05) is 7.11 Å². The van der Waals surface area contributed by atoms with Gasteiger partial charge < -0.3 is 15.0 Å². The molecule has 0 saturated carbocycles. The highest BCUT2D eigenvalue weighted by Crippen LogP contribution is 2.20. The molecule has 144 valence electrons. The average molecular weight is 387 g/mol. The Morgan fingerprint density at radius 1 is 1.15 bits per heavy atom. The minimum absolute atomic E-state index is 0. The number of esters is 1. The minimum Gasteiger partial charge on any atom is -0.464 e. The second-order valence-corrected chi connectivity index (χ2v) is 6.70. The number of nitrogens with one attached hydrogen (secondary N) is 2. The average Bonchev–Trinajstić information content (AvgIpc) is 3.10. The molecule has 1 aromatic heterocycles. The molecule has 0 spiro atoms. The number of fused-ring (bicyclic) bond motifs is 1. The third-order valence-electron chi connectivity index (χ3n) is 4.85. The monoisotopic (exact) mass is 386 g/mol. The van der Waals surface area contributed by atoms with Gasteiger partial charge in [-0.3, -0.25) is 0 Å². The van der Waals surface area contributed by atoms with Crippen molar-refractivity contribution in [3.8, 4) is 0 Å². The van der Waals surface area contributed by atoms with E-state index in [1.807, 2.05) is 18.2 Å². The van der Waals surface area contributed by atoms with E-state index < -0.39 is 0 Å². The van der Waals surface area contributed by atoms with Crippen LogP contribution in [0.3, 0.4) is 0 Å². The van der Waals surface area contributed by atoms with Gasteiger partial charge in [0.25, 0.3) is 0 Å². The van der Waals surface area contributed by atoms with E-state index >= 15 is 0 Å². The maximum Gasteiger partial charge on any atom is 0.354 e. The third-order valence-corrected chi connectivity index (χ3v) is 4.85. The van der Waals surface area contributed by atoms with Crippen molar-refractivity contribution in [3.63, 3.8) is 0 Å². The van der Waals surface area contributed by atoms with Crippen molar-refractivity contribution in [2.45, 2.75) is 38.8 Å². The number of hydrogen-bond acceptors (Lipinski definition) is 3. The Kier molecular flexibility index (Phi) is 7.45. The maximum atomic E-state index is 11.7. The lowest BCUT2D eigenvalue weighted by Crippen LogP contribution is -2.32. The van der Waals surface area contributed by atoms with E-state index in [-0.39, 0.29) is 18.4 Å². The number of hydrogen-bond donors (Lipinski definition) is 2. The molecule has 2 N–H and O–H groups in total. The number of benzene rings is 2. The fourth-order valence-corrected chi connectivity index (χ4v) is 3.33. The predicted octanol–water partition coefficient (Wildman–Crippen LogP) is 5.05. The summed E-state index contributed by atoms with van der Waals surface area (Å²) in [6.45, 7) is 4.41. The lowest BCUT2D eigenvalue weighted by molar-refractivity contribution is 0.0595. The minimum atomic E-state index is -0.340. The Morgan fingerprint density at radius 3 is 2.56 bits per heavy atom. The van der Waals surface area contributed by atoms with Crippen molar-refractivity contribution >= 4 is 29.3 Å². The number of ether oxygens (including phenoxy) is 1. The molecule has 2 atom stereocenters. The van der Waals surface area contributed by atoms with Crippen molar-refractivity contribution in [2.24, 2.45) is 0 Å². The first-order valence-electron chi connectivity index (χ1n) is 9.11. The molecule has 0 radical (unpaired) electrons. The number of aromatic nitrogens is 1. The molecule has 0 saturated heterocycles. The van der Waals surface area contributed by atoms with Gasteiger partial charge in [0.2, 0.25) is 0 Å². The number of methoxy groups -OCH3 is 1. The largest absolute Gasteiger partial charge is 0.464 e. The smallest absolute Gasteiger partial charge is 0.354 e. The summed E-state index contributed by atoms with van der Waals surface area (Å²) in [7, 11) is 1.39. The van der Waals surface area contributed by atoms with Crippen LogP contribution in [0.2, 0.25) is 0 Å².